The van der Waals surface area contributed by atoms with Gasteiger partial charge in [0.05, 0.1) is 4.90 Å². The molecule has 6 nitrogen and oxygen atoms in total. The number of anilines is 3. The van der Waals surface area contributed by atoms with Crippen LogP contribution in [0.1, 0.15) is 5.56 Å². The van der Waals surface area contributed by atoms with Gasteiger partial charge in [-0.25, -0.2) is 8.42 Å². The molecule has 0 bridgehead atoms. The molecule has 2 aromatic carbocycles. The van der Waals surface area contributed by atoms with E-state index in [4.69, 9.17) is 0 Å². The molecule has 3 aromatic rings. The minimum Gasteiger partial charge on any atom is -0.339 e. The molecule has 0 atom stereocenters. The van der Waals surface area contributed by atoms with Gasteiger partial charge in [0, 0.05) is 5.69 Å². The Morgan fingerprint density at radius 1 is 0.792 bits per heavy atom. The van der Waals surface area contributed by atoms with Crippen molar-refractivity contribution in [3.05, 3.63) is 72.3 Å². The molecule has 0 saturated heterocycles. The third kappa shape index (κ3) is 3.88. The molecule has 3 rings (SSSR count). The van der Waals surface area contributed by atoms with Crippen LogP contribution in [0.3, 0.4) is 0 Å². The molecule has 122 valence electrons. The standard InChI is InChI=1S/C17H16N4O2S/c1-13-7-9-15(10-8-13)24(22,23)21-17-12-11-16(19-20-17)18-14-5-3-2-4-6-14/h2-12H,1H3,(H,18,19)(H,20,21). The van der Waals surface area contributed by atoms with Crippen molar-refractivity contribution >= 4 is 27.3 Å². The third-order valence-corrected chi connectivity index (χ3v) is 4.65. The summed E-state index contributed by atoms with van der Waals surface area (Å²) in [4.78, 5) is 0.182. The van der Waals surface area contributed by atoms with Crippen molar-refractivity contribution in [2.24, 2.45) is 0 Å². The van der Waals surface area contributed by atoms with Crippen molar-refractivity contribution < 1.29 is 8.42 Å². The van der Waals surface area contributed by atoms with Crippen LogP contribution >= 0.6 is 0 Å². The number of nitrogens with zero attached hydrogens (tertiary/aromatic N) is 2. The second-order valence-electron chi connectivity index (χ2n) is 5.21. The highest BCUT2D eigenvalue weighted by Gasteiger charge is 2.14. The van der Waals surface area contributed by atoms with Crippen molar-refractivity contribution in [1.82, 2.24) is 10.2 Å². The predicted octanol–water partition coefficient (Wildman–Crippen LogP) is 3.33. The van der Waals surface area contributed by atoms with Gasteiger partial charge >= 0.3 is 0 Å². The fraction of sp³-hybridized carbons (Fsp3) is 0.0588. The van der Waals surface area contributed by atoms with E-state index in [0.29, 0.717) is 5.82 Å². The van der Waals surface area contributed by atoms with Crippen LogP contribution in [-0.2, 0) is 10.0 Å². The zero-order valence-electron chi connectivity index (χ0n) is 13.0. The highest BCUT2D eigenvalue weighted by Crippen LogP contribution is 2.17. The maximum Gasteiger partial charge on any atom is 0.263 e. The van der Waals surface area contributed by atoms with Crippen LogP contribution in [0.2, 0.25) is 0 Å². The molecule has 0 fully saturated rings. The van der Waals surface area contributed by atoms with Crippen LogP contribution in [0.4, 0.5) is 17.3 Å². The van der Waals surface area contributed by atoms with Gasteiger partial charge in [0.15, 0.2) is 11.6 Å². The van der Waals surface area contributed by atoms with E-state index in [9.17, 15) is 8.42 Å². The lowest BCUT2D eigenvalue weighted by atomic mass is 10.2. The van der Waals surface area contributed by atoms with Crippen LogP contribution in [-0.4, -0.2) is 18.6 Å². The van der Waals surface area contributed by atoms with Gasteiger partial charge in [-0.05, 0) is 43.3 Å². The number of sulfonamides is 1. The lowest BCUT2D eigenvalue weighted by molar-refractivity contribution is 0.601. The lowest BCUT2D eigenvalue weighted by Crippen LogP contribution is -2.14. The van der Waals surface area contributed by atoms with E-state index in [0.717, 1.165) is 11.3 Å². The average molecular weight is 340 g/mol. The first-order valence-corrected chi connectivity index (χ1v) is 8.76. The molecule has 0 amide bonds. The van der Waals surface area contributed by atoms with Crippen molar-refractivity contribution in [2.45, 2.75) is 11.8 Å². The van der Waals surface area contributed by atoms with Crippen LogP contribution in [0.15, 0.2) is 71.6 Å². The highest BCUT2D eigenvalue weighted by molar-refractivity contribution is 7.92. The minimum absolute atomic E-state index is 0.161. The Morgan fingerprint density at radius 2 is 1.42 bits per heavy atom. The fourth-order valence-electron chi connectivity index (χ4n) is 2.04. The molecule has 0 aliphatic carbocycles. The first-order chi connectivity index (χ1) is 11.5. The summed E-state index contributed by atoms with van der Waals surface area (Å²) in [7, 11) is -3.67. The van der Waals surface area contributed by atoms with Gasteiger partial charge in [0.1, 0.15) is 0 Å². The number of para-hydroxylation sites is 1. The topological polar surface area (TPSA) is 84.0 Å². The van der Waals surface area contributed by atoms with Gasteiger partial charge in [-0.3, -0.25) is 4.72 Å². The molecular formula is C17H16N4O2S. The van der Waals surface area contributed by atoms with Crippen molar-refractivity contribution in [2.75, 3.05) is 10.0 Å². The highest BCUT2D eigenvalue weighted by atomic mass is 32.2. The Kier molecular flexibility index (Phi) is 4.43. The summed E-state index contributed by atoms with van der Waals surface area (Å²) in [6, 6.07) is 19.3. The zero-order valence-corrected chi connectivity index (χ0v) is 13.8. The van der Waals surface area contributed by atoms with Crippen molar-refractivity contribution in [1.29, 1.82) is 0 Å². The Bertz CT molecular complexity index is 909. The molecule has 0 aliphatic heterocycles. The zero-order chi connectivity index (χ0) is 17.0. The molecule has 1 aromatic heterocycles. The molecule has 2 N–H and O–H groups in total. The first-order valence-electron chi connectivity index (χ1n) is 7.28. The Morgan fingerprint density at radius 3 is 2.04 bits per heavy atom. The van der Waals surface area contributed by atoms with Gasteiger partial charge < -0.3 is 5.32 Å². The minimum atomic E-state index is -3.67. The molecule has 0 unspecified atom stereocenters. The quantitative estimate of drug-likeness (QED) is 0.744. The van der Waals surface area contributed by atoms with E-state index >= 15 is 0 Å². The lowest BCUT2D eigenvalue weighted by Gasteiger charge is -2.08. The second kappa shape index (κ2) is 6.67. The Labute approximate surface area is 140 Å². The molecule has 0 spiro atoms. The molecular weight excluding hydrogens is 324 g/mol. The van der Waals surface area contributed by atoms with E-state index < -0.39 is 10.0 Å². The van der Waals surface area contributed by atoms with E-state index in [1.807, 2.05) is 37.3 Å². The largest absolute Gasteiger partial charge is 0.339 e. The van der Waals surface area contributed by atoms with Crippen molar-refractivity contribution in [3.8, 4) is 0 Å². The Hall–Kier alpha value is -2.93. The Balaban J connectivity index is 1.73. The van der Waals surface area contributed by atoms with E-state index in [-0.39, 0.29) is 10.7 Å². The number of hydrogen-bond acceptors (Lipinski definition) is 5. The average Bonchev–Trinajstić information content (AvgIpc) is 2.58. The van der Waals surface area contributed by atoms with Crippen LogP contribution in [0.25, 0.3) is 0 Å². The number of rotatable bonds is 5. The van der Waals surface area contributed by atoms with Gasteiger partial charge in [-0.15, -0.1) is 10.2 Å². The smallest absolute Gasteiger partial charge is 0.263 e. The molecule has 0 radical (unpaired) electrons. The molecule has 24 heavy (non-hydrogen) atoms. The van der Waals surface area contributed by atoms with Crippen LogP contribution in [0, 0.1) is 6.92 Å². The summed E-state index contributed by atoms with van der Waals surface area (Å²) in [6.07, 6.45) is 0. The van der Waals surface area contributed by atoms with Gasteiger partial charge in [0.2, 0.25) is 0 Å². The maximum atomic E-state index is 12.3. The summed E-state index contributed by atoms with van der Waals surface area (Å²) in [6.45, 7) is 1.90. The van der Waals surface area contributed by atoms with Crippen LogP contribution in [0.5, 0.6) is 0 Å². The monoisotopic (exact) mass is 340 g/mol. The predicted molar refractivity (Wildman–Crippen MR) is 93.7 cm³/mol. The SMILES string of the molecule is Cc1ccc(S(=O)(=O)Nc2ccc(Nc3ccccc3)nn2)cc1. The molecule has 0 saturated carbocycles. The van der Waals surface area contributed by atoms with Gasteiger partial charge in [0.25, 0.3) is 10.0 Å². The molecule has 1 heterocycles. The van der Waals surface area contributed by atoms with Crippen LogP contribution < -0.4 is 10.0 Å². The number of aryl methyl sites for hydroxylation is 1. The number of benzene rings is 2. The summed E-state index contributed by atoms with van der Waals surface area (Å²) in [5.41, 5.74) is 1.87. The molecule has 0 aliphatic rings. The van der Waals surface area contributed by atoms with Gasteiger partial charge in [-0.2, -0.15) is 0 Å². The van der Waals surface area contributed by atoms with Gasteiger partial charge in [-0.1, -0.05) is 35.9 Å². The first kappa shape index (κ1) is 15.9. The summed E-state index contributed by atoms with van der Waals surface area (Å²) >= 11 is 0. The second-order valence-corrected chi connectivity index (χ2v) is 6.90. The number of nitrogens with one attached hydrogen (secondary N) is 2. The van der Waals surface area contributed by atoms with Crippen molar-refractivity contribution in [3.63, 3.8) is 0 Å². The fourth-order valence-corrected chi connectivity index (χ4v) is 3.03. The molecule has 7 heteroatoms. The van der Waals surface area contributed by atoms with E-state index in [1.54, 1.807) is 36.4 Å². The van der Waals surface area contributed by atoms with E-state index in [1.165, 1.54) is 0 Å². The van der Waals surface area contributed by atoms with E-state index in [2.05, 4.69) is 20.2 Å². The number of hydrogen-bond donors (Lipinski definition) is 2. The summed E-state index contributed by atoms with van der Waals surface area (Å²) in [5.74, 6) is 0.689. The maximum absolute atomic E-state index is 12.3. The third-order valence-electron chi connectivity index (χ3n) is 3.28. The number of aromatic nitrogens is 2. The summed E-state index contributed by atoms with van der Waals surface area (Å²) < 4.78 is 27.0. The summed E-state index contributed by atoms with van der Waals surface area (Å²) in [5, 5.41) is 11.0. The normalized spacial score (nSPS) is 11.0.